The van der Waals surface area contributed by atoms with E-state index in [4.69, 9.17) is 0 Å². The van der Waals surface area contributed by atoms with Gasteiger partial charge in [0.1, 0.15) is 0 Å². The molecule has 0 radical (unpaired) electrons. The van der Waals surface area contributed by atoms with E-state index >= 15 is 0 Å². The van der Waals surface area contributed by atoms with Gasteiger partial charge < -0.3 is 10.6 Å². The molecule has 1 atom stereocenters. The van der Waals surface area contributed by atoms with Gasteiger partial charge in [-0.2, -0.15) is 16.9 Å². The van der Waals surface area contributed by atoms with Crippen LogP contribution >= 0.6 is 11.8 Å². The van der Waals surface area contributed by atoms with Crippen LogP contribution in [0.1, 0.15) is 25.3 Å². The number of nitrogens with zero attached hydrogens (tertiary/aromatic N) is 3. The lowest BCUT2D eigenvalue weighted by molar-refractivity contribution is 0.584. The summed E-state index contributed by atoms with van der Waals surface area (Å²) in [5.41, 5.74) is 2.27. The van der Waals surface area contributed by atoms with Crippen molar-refractivity contribution in [3.05, 3.63) is 48.3 Å². The molecule has 6 heteroatoms. The molecule has 2 aromatic rings. The van der Waals surface area contributed by atoms with Gasteiger partial charge in [-0.05, 0) is 43.2 Å². The molecule has 1 aromatic heterocycles. The number of guanidine groups is 1. The second kappa shape index (κ2) is 7.75. The minimum atomic E-state index is 0.324. The molecule has 1 aromatic carbocycles. The van der Waals surface area contributed by atoms with Gasteiger partial charge in [-0.15, -0.1) is 0 Å². The fraction of sp³-hybridized carbons (Fsp3) is 0.444. The van der Waals surface area contributed by atoms with Gasteiger partial charge in [-0.25, -0.2) is 4.68 Å². The maximum Gasteiger partial charge on any atom is 0.191 e. The lowest BCUT2D eigenvalue weighted by Crippen LogP contribution is -2.43. The quantitative estimate of drug-likeness (QED) is 0.647. The number of hydrogen-bond donors (Lipinski definition) is 2. The van der Waals surface area contributed by atoms with Gasteiger partial charge in [-0.1, -0.05) is 18.2 Å². The van der Waals surface area contributed by atoms with E-state index in [-0.39, 0.29) is 0 Å². The van der Waals surface area contributed by atoms with Gasteiger partial charge in [0.25, 0.3) is 0 Å². The molecule has 0 spiro atoms. The largest absolute Gasteiger partial charge is 0.355 e. The van der Waals surface area contributed by atoms with Crippen molar-refractivity contribution in [3.63, 3.8) is 0 Å². The maximum absolute atomic E-state index is 4.35. The average molecular weight is 344 g/mol. The minimum Gasteiger partial charge on any atom is -0.355 e. The van der Waals surface area contributed by atoms with E-state index in [9.17, 15) is 0 Å². The highest BCUT2D eigenvalue weighted by molar-refractivity contribution is 8.00. The zero-order valence-electron chi connectivity index (χ0n) is 14.3. The predicted molar refractivity (Wildman–Crippen MR) is 102 cm³/mol. The summed E-state index contributed by atoms with van der Waals surface area (Å²) in [4.78, 5) is 4.35. The Balaban J connectivity index is 1.60. The Morgan fingerprint density at radius 1 is 1.33 bits per heavy atom. The Hall–Kier alpha value is -1.95. The number of aliphatic imine (C=N–C) groups is 1. The van der Waals surface area contributed by atoms with E-state index in [0.29, 0.717) is 11.3 Å². The Labute approximate surface area is 147 Å². The van der Waals surface area contributed by atoms with Crippen LogP contribution in [-0.4, -0.2) is 39.8 Å². The Morgan fingerprint density at radius 2 is 2.21 bits per heavy atom. The van der Waals surface area contributed by atoms with Crippen molar-refractivity contribution < 1.29 is 0 Å². The Bertz CT molecular complexity index is 674. The van der Waals surface area contributed by atoms with Crippen molar-refractivity contribution in [3.8, 4) is 5.69 Å². The van der Waals surface area contributed by atoms with Crippen LogP contribution < -0.4 is 10.6 Å². The molecule has 1 fully saturated rings. The molecular weight excluding hydrogens is 318 g/mol. The fourth-order valence-electron chi connectivity index (χ4n) is 2.94. The van der Waals surface area contributed by atoms with Crippen LogP contribution in [-0.2, 0) is 6.54 Å². The summed E-state index contributed by atoms with van der Waals surface area (Å²) in [6.45, 7) is 3.98. The van der Waals surface area contributed by atoms with Crippen molar-refractivity contribution in [2.24, 2.45) is 4.99 Å². The Kier molecular flexibility index (Phi) is 5.45. The molecule has 2 N–H and O–H groups in total. The molecule has 3 rings (SSSR count). The summed E-state index contributed by atoms with van der Waals surface area (Å²) in [5.74, 6) is 2.11. The molecule has 1 saturated heterocycles. The summed E-state index contributed by atoms with van der Waals surface area (Å²) in [5, 5.41) is 11.2. The van der Waals surface area contributed by atoms with Crippen LogP contribution in [0.15, 0.2) is 47.7 Å². The van der Waals surface area contributed by atoms with E-state index in [1.807, 2.05) is 30.1 Å². The first-order chi connectivity index (χ1) is 11.7. The lowest BCUT2D eigenvalue weighted by atomic mass is 10.1. The van der Waals surface area contributed by atoms with E-state index in [2.05, 4.69) is 57.6 Å². The third-order valence-electron chi connectivity index (χ3n) is 4.34. The Morgan fingerprint density at radius 3 is 2.92 bits per heavy atom. The van der Waals surface area contributed by atoms with Crippen molar-refractivity contribution in [2.75, 3.05) is 19.3 Å². The monoisotopic (exact) mass is 343 g/mol. The predicted octanol–water partition coefficient (Wildman–Crippen LogP) is 2.82. The molecule has 0 saturated carbocycles. The van der Waals surface area contributed by atoms with E-state index in [0.717, 1.165) is 18.2 Å². The van der Waals surface area contributed by atoms with Gasteiger partial charge >= 0.3 is 0 Å². The van der Waals surface area contributed by atoms with Crippen LogP contribution in [0, 0.1) is 0 Å². The highest BCUT2D eigenvalue weighted by Crippen LogP contribution is 2.36. The lowest BCUT2D eigenvalue weighted by Gasteiger charge is -2.24. The highest BCUT2D eigenvalue weighted by atomic mass is 32.2. The van der Waals surface area contributed by atoms with Crippen LogP contribution in [0.4, 0.5) is 0 Å². The van der Waals surface area contributed by atoms with Crippen molar-refractivity contribution in [1.82, 2.24) is 20.4 Å². The molecular formula is C18H25N5S. The van der Waals surface area contributed by atoms with Gasteiger partial charge in [0.05, 0.1) is 5.69 Å². The zero-order chi connectivity index (χ0) is 16.8. The molecule has 24 heavy (non-hydrogen) atoms. The normalized spacial score (nSPS) is 21.0. The molecule has 0 aliphatic carbocycles. The molecule has 1 aliphatic heterocycles. The summed E-state index contributed by atoms with van der Waals surface area (Å²) >= 11 is 2.06. The first kappa shape index (κ1) is 16.9. The number of thioether (sulfide) groups is 1. The SMILES string of the molecule is CN=C(NCc1ccccc1-n1cccn1)NCC1(C)CCCS1. The van der Waals surface area contributed by atoms with Gasteiger partial charge in [0.15, 0.2) is 5.96 Å². The molecule has 5 nitrogen and oxygen atoms in total. The first-order valence-electron chi connectivity index (χ1n) is 8.37. The van der Waals surface area contributed by atoms with Crippen molar-refractivity contribution in [2.45, 2.75) is 31.1 Å². The minimum absolute atomic E-state index is 0.324. The second-order valence-electron chi connectivity index (χ2n) is 6.26. The van der Waals surface area contributed by atoms with E-state index < -0.39 is 0 Å². The number of nitrogens with one attached hydrogen (secondary N) is 2. The van der Waals surface area contributed by atoms with Crippen LogP contribution in [0.5, 0.6) is 0 Å². The number of rotatable bonds is 5. The summed E-state index contributed by atoms with van der Waals surface area (Å²) in [6, 6.07) is 10.2. The first-order valence-corrected chi connectivity index (χ1v) is 9.35. The molecule has 0 bridgehead atoms. The molecule has 2 heterocycles. The highest BCUT2D eigenvalue weighted by Gasteiger charge is 2.29. The van der Waals surface area contributed by atoms with Gasteiger partial charge in [0, 0.05) is 37.3 Å². The number of hydrogen-bond acceptors (Lipinski definition) is 3. The number of benzene rings is 1. The third-order valence-corrected chi connectivity index (χ3v) is 5.88. The molecule has 0 amide bonds. The molecule has 1 unspecified atom stereocenters. The van der Waals surface area contributed by atoms with Crippen LogP contribution in [0.2, 0.25) is 0 Å². The zero-order valence-corrected chi connectivity index (χ0v) is 15.1. The van der Waals surface area contributed by atoms with Crippen molar-refractivity contribution in [1.29, 1.82) is 0 Å². The van der Waals surface area contributed by atoms with Crippen molar-refractivity contribution >= 4 is 17.7 Å². The van der Waals surface area contributed by atoms with Crippen LogP contribution in [0.3, 0.4) is 0 Å². The fourth-order valence-corrected chi connectivity index (χ4v) is 4.19. The van der Waals surface area contributed by atoms with E-state index in [1.165, 1.54) is 24.2 Å². The molecule has 1 aliphatic rings. The topological polar surface area (TPSA) is 54.2 Å². The smallest absolute Gasteiger partial charge is 0.191 e. The summed E-state index contributed by atoms with van der Waals surface area (Å²) < 4.78 is 2.22. The number of aromatic nitrogens is 2. The van der Waals surface area contributed by atoms with Gasteiger partial charge in [0.2, 0.25) is 0 Å². The van der Waals surface area contributed by atoms with Crippen LogP contribution in [0.25, 0.3) is 5.69 Å². The van der Waals surface area contributed by atoms with E-state index in [1.54, 1.807) is 6.20 Å². The standard InChI is InChI=1S/C18H25N5S/c1-18(9-5-12-24-18)14-21-17(19-2)20-13-15-7-3-4-8-16(15)23-11-6-10-22-23/h3-4,6-8,10-11H,5,9,12-14H2,1-2H3,(H2,19,20,21). The third kappa shape index (κ3) is 4.12. The van der Waals surface area contributed by atoms with Gasteiger partial charge in [-0.3, -0.25) is 4.99 Å². The molecule has 128 valence electrons. The maximum atomic E-state index is 4.35. The average Bonchev–Trinajstić information content (AvgIpc) is 3.27. The number of para-hydroxylation sites is 1. The second-order valence-corrected chi connectivity index (χ2v) is 7.94. The summed E-state index contributed by atoms with van der Waals surface area (Å²) in [6.07, 6.45) is 6.34. The summed E-state index contributed by atoms with van der Waals surface area (Å²) in [7, 11) is 1.82.